The minimum Gasteiger partial charge on any atom is -0.302 e. The Morgan fingerprint density at radius 2 is 2.00 bits per heavy atom. The van der Waals surface area contributed by atoms with Crippen LogP contribution in [0.5, 0.6) is 0 Å². The molecule has 2 aliphatic carbocycles. The second kappa shape index (κ2) is 4.06. The molecule has 0 bridgehead atoms. The number of carbonyl (C=O) groups is 1. The lowest BCUT2D eigenvalue weighted by atomic mass is 9.66. The van der Waals surface area contributed by atoms with Crippen molar-refractivity contribution in [1.29, 1.82) is 0 Å². The molecule has 0 saturated carbocycles. The molecule has 3 heteroatoms. The maximum absolute atomic E-state index is 11.7. The molecule has 0 aromatic heterocycles. The maximum Gasteiger partial charge on any atom is 0.130 e. The fourth-order valence-electron chi connectivity index (χ4n) is 3.73. The fourth-order valence-corrected chi connectivity index (χ4v) is 7.40. The number of allylic oxidation sites excluding steroid dienone is 1. The van der Waals surface area contributed by atoms with E-state index < -0.39 is 0 Å². The van der Waals surface area contributed by atoms with Gasteiger partial charge in [-0.1, -0.05) is 12.5 Å². The number of thioether (sulfide) groups is 2. The first-order valence-electron chi connectivity index (χ1n) is 6.59. The van der Waals surface area contributed by atoms with Crippen LogP contribution in [0.25, 0.3) is 0 Å². The van der Waals surface area contributed by atoms with Gasteiger partial charge in [0.1, 0.15) is 6.29 Å². The predicted octanol–water partition coefficient (Wildman–Crippen LogP) is 3.89. The maximum atomic E-state index is 11.7. The van der Waals surface area contributed by atoms with Gasteiger partial charge in [0.2, 0.25) is 0 Å². The first-order chi connectivity index (χ1) is 8.12. The lowest BCUT2D eigenvalue weighted by Crippen LogP contribution is -2.39. The summed E-state index contributed by atoms with van der Waals surface area (Å²) >= 11 is 4.21. The Hall–Kier alpha value is 0.110. The Kier molecular flexibility index (Phi) is 2.90. The molecule has 3 aliphatic rings. The average molecular weight is 268 g/mol. The summed E-state index contributed by atoms with van der Waals surface area (Å²) < 4.78 is 0.277. The third-order valence-electron chi connectivity index (χ3n) is 4.93. The van der Waals surface area contributed by atoms with Crippen LogP contribution in [0.4, 0.5) is 0 Å². The van der Waals surface area contributed by atoms with Gasteiger partial charge in [0.05, 0.1) is 4.08 Å². The van der Waals surface area contributed by atoms with Gasteiger partial charge in [-0.15, -0.1) is 23.5 Å². The molecule has 1 spiro atoms. The lowest BCUT2D eigenvalue weighted by Gasteiger charge is -2.43. The van der Waals surface area contributed by atoms with Crippen molar-refractivity contribution in [1.82, 2.24) is 0 Å². The summed E-state index contributed by atoms with van der Waals surface area (Å²) in [7, 11) is 0. The zero-order chi connectivity index (χ0) is 12.1. The molecule has 0 amide bonds. The van der Waals surface area contributed by atoms with Crippen molar-refractivity contribution in [3.8, 4) is 0 Å². The molecule has 1 saturated heterocycles. The summed E-state index contributed by atoms with van der Waals surface area (Å²) in [5.41, 5.74) is 2.97. The topological polar surface area (TPSA) is 17.1 Å². The zero-order valence-corrected chi connectivity index (χ0v) is 12.3. The van der Waals surface area contributed by atoms with Gasteiger partial charge in [-0.05, 0) is 44.1 Å². The highest BCUT2D eigenvalue weighted by atomic mass is 32.2. The molecule has 3 rings (SSSR count). The molecule has 0 unspecified atom stereocenters. The Balaban J connectivity index is 2.10. The Labute approximate surface area is 112 Å². The molecular weight excluding hydrogens is 248 g/mol. The molecule has 0 aromatic rings. The van der Waals surface area contributed by atoms with Crippen LogP contribution in [0.2, 0.25) is 0 Å². The minimum absolute atomic E-state index is 0.186. The van der Waals surface area contributed by atoms with Crippen molar-refractivity contribution < 1.29 is 4.79 Å². The van der Waals surface area contributed by atoms with E-state index in [1.54, 1.807) is 5.57 Å². The third-order valence-corrected chi connectivity index (χ3v) is 8.46. The van der Waals surface area contributed by atoms with Crippen LogP contribution >= 0.6 is 23.5 Å². The summed E-state index contributed by atoms with van der Waals surface area (Å²) in [5.74, 6) is 3.02. The molecule has 1 nitrogen and oxygen atoms in total. The normalized spacial score (nSPS) is 39.8. The Morgan fingerprint density at radius 1 is 1.29 bits per heavy atom. The Bertz CT molecular complexity index is 382. The number of hydrogen-bond donors (Lipinski definition) is 0. The van der Waals surface area contributed by atoms with Crippen LogP contribution < -0.4 is 0 Å². The number of aldehydes is 1. The zero-order valence-electron chi connectivity index (χ0n) is 10.6. The Morgan fingerprint density at radius 3 is 2.65 bits per heavy atom. The number of rotatable bonds is 1. The second-order valence-corrected chi connectivity index (χ2v) is 8.81. The van der Waals surface area contributed by atoms with Crippen LogP contribution in [-0.4, -0.2) is 21.9 Å². The summed E-state index contributed by atoms with van der Waals surface area (Å²) in [4.78, 5) is 11.7. The van der Waals surface area contributed by atoms with Gasteiger partial charge < -0.3 is 4.79 Å². The van der Waals surface area contributed by atoms with Gasteiger partial charge in [0, 0.05) is 16.9 Å². The molecule has 0 radical (unpaired) electrons. The molecule has 94 valence electrons. The molecule has 17 heavy (non-hydrogen) atoms. The molecule has 2 atom stereocenters. The van der Waals surface area contributed by atoms with Crippen molar-refractivity contribution in [3.05, 3.63) is 11.1 Å². The average Bonchev–Trinajstić information content (AvgIpc) is 2.94. The van der Waals surface area contributed by atoms with E-state index in [4.69, 9.17) is 0 Å². The summed E-state index contributed by atoms with van der Waals surface area (Å²) in [6, 6.07) is 0. The summed E-state index contributed by atoms with van der Waals surface area (Å²) in [5, 5.41) is 0. The van der Waals surface area contributed by atoms with E-state index in [-0.39, 0.29) is 9.49 Å². The van der Waals surface area contributed by atoms with Gasteiger partial charge in [-0.3, -0.25) is 0 Å². The van der Waals surface area contributed by atoms with E-state index in [2.05, 4.69) is 37.4 Å². The van der Waals surface area contributed by atoms with Crippen molar-refractivity contribution in [2.24, 2.45) is 11.3 Å². The van der Waals surface area contributed by atoms with E-state index >= 15 is 0 Å². The lowest BCUT2D eigenvalue weighted by molar-refractivity contribution is -0.116. The standard InChI is InChI=1S/C14H20OS2/c1-10-3-4-11-5-6-14(16-7-8-17-14)12(11)13(10,2)9-15/h9-10H,3-8H2,1-2H3/t10-,13+/m1/s1. The second-order valence-electron chi connectivity index (χ2n) is 5.77. The largest absolute Gasteiger partial charge is 0.302 e. The minimum atomic E-state index is -0.186. The van der Waals surface area contributed by atoms with Crippen LogP contribution in [0, 0.1) is 11.3 Å². The molecule has 0 N–H and O–H groups in total. The SMILES string of the molecule is C[C@@H]1CCC2=C(C3(CC2)SCCS3)[C@@]1(C)C=O. The quantitative estimate of drug-likeness (QED) is 0.530. The highest BCUT2D eigenvalue weighted by molar-refractivity contribution is 8.21. The third kappa shape index (κ3) is 1.58. The van der Waals surface area contributed by atoms with Gasteiger partial charge in [-0.25, -0.2) is 0 Å². The van der Waals surface area contributed by atoms with Gasteiger partial charge >= 0.3 is 0 Å². The first-order valence-corrected chi connectivity index (χ1v) is 8.57. The monoisotopic (exact) mass is 268 g/mol. The fraction of sp³-hybridized carbons (Fsp3) is 0.786. The number of fused-ring (bicyclic) bond motifs is 1. The molecule has 1 heterocycles. The molecule has 0 aromatic carbocycles. The first kappa shape index (κ1) is 12.2. The van der Waals surface area contributed by atoms with Gasteiger partial charge in [0.15, 0.2) is 0 Å². The summed E-state index contributed by atoms with van der Waals surface area (Å²) in [6.45, 7) is 4.44. The molecule has 1 fully saturated rings. The predicted molar refractivity (Wildman–Crippen MR) is 76.5 cm³/mol. The van der Waals surface area contributed by atoms with Crippen LogP contribution in [0.15, 0.2) is 11.1 Å². The van der Waals surface area contributed by atoms with Gasteiger partial charge in [0.25, 0.3) is 0 Å². The van der Waals surface area contributed by atoms with E-state index in [0.29, 0.717) is 5.92 Å². The molecular formula is C14H20OS2. The summed E-state index contributed by atoms with van der Waals surface area (Å²) in [6.07, 6.45) is 6.19. The van der Waals surface area contributed by atoms with E-state index in [1.807, 2.05) is 0 Å². The van der Waals surface area contributed by atoms with E-state index in [0.717, 1.165) is 0 Å². The number of hydrogen-bond acceptors (Lipinski definition) is 3. The van der Waals surface area contributed by atoms with Crippen molar-refractivity contribution in [3.63, 3.8) is 0 Å². The van der Waals surface area contributed by atoms with Crippen molar-refractivity contribution >= 4 is 29.8 Å². The van der Waals surface area contributed by atoms with E-state index in [1.165, 1.54) is 49.0 Å². The molecule has 1 aliphatic heterocycles. The highest BCUT2D eigenvalue weighted by Gasteiger charge is 2.54. The van der Waals surface area contributed by atoms with Gasteiger partial charge in [-0.2, -0.15) is 0 Å². The van der Waals surface area contributed by atoms with Crippen LogP contribution in [0.1, 0.15) is 39.5 Å². The van der Waals surface area contributed by atoms with Crippen molar-refractivity contribution in [2.75, 3.05) is 11.5 Å². The highest BCUT2D eigenvalue weighted by Crippen LogP contribution is 2.64. The van der Waals surface area contributed by atoms with Crippen LogP contribution in [0.3, 0.4) is 0 Å². The van der Waals surface area contributed by atoms with E-state index in [9.17, 15) is 4.79 Å². The van der Waals surface area contributed by atoms with Crippen molar-refractivity contribution in [2.45, 2.75) is 43.6 Å². The number of carbonyl (C=O) groups excluding carboxylic acids is 1. The van der Waals surface area contributed by atoms with Crippen LogP contribution in [-0.2, 0) is 4.79 Å². The smallest absolute Gasteiger partial charge is 0.130 e.